The number of nitrogens with one attached hydrogen (secondary N) is 1. The van der Waals surface area contributed by atoms with Crippen molar-refractivity contribution in [2.75, 3.05) is 11.1 Å². The molecule has 27 heavy (non-hydrogen) atoms. The molecule has 6 nitrogen and oxygen atoms in total. The predicted octanol–water partition coefficient (Wildman–Crippen LogP) is 3.72. The van der Waals surface area contributed by atoms with E-state index in [1.54, 1.807) is 24.3 Å². The summed E-state index contributed by atoms with van der Waals surface area (Å²) < 4.78 is 1.88. The molecule has 1 aromatic heterocycles. The van der Waals surface area contributed by atoms with Gasteiger partial charge in [0.2, 0.25) is 5.91 Å². The monoisotopic (exact) mass is 380 g/mol. The Bertz CT molecular complexity index is 963. The molecular weight excluding hydrogens is 360 g/mol. The fraction of sp³-hybridized carbons (Fsp3) is 0.200. The van der Waals surface area contributed by atoms with Crippen molar-refractivity contribution in [3.8, 4) is 11.4 Å². The summed E-state index contributed by atoms with van der Waals surface area (Å²) in [5, 5.41) is 11.9. The topological polar surface area (TPSA) is 76.9 Å². The van der Waals surface area contributed by atoms with Crippen molar-refractivity contribution >= 4 is 29.1 Å². The van der Waals surface area contributed by atoms with Gasteiger partial charge in [0.1, 0.15) is 0 Å². The number of anilines is 1. The summed E-state index contributed by atoms with van der Waals surface area (Å²) in [7, 11) is 1.88. The minimum absolute atomic E-state index is 0.00454. The standard InChI is InChI=1S/C20H20N4O2S/c1-13-4-6-16(7-5-13)19-22-23-20(24(19)3)27-12-18(26)21-17-10-8-15(9-11-17)14(2)25/h4-11H,12H2,1-3H3,(H,21,26). The van der Waals surface area contributed by atoms with Gasteiger partial charge in [-0.3, -0.25) is 9.59 Å². The number of rotatable bonds is 6. The fourth-order valence-corrected chi connectivity index (χ4v) is 3.22. The third-order valence-corrected chi connectivity index (χ3v) is 5.07. The predicted molar refractivity (Wildman–Crippen MR) is 107 cm³/mol. The zero-order valence-corrected chi connectivity index (χ0v) is 16.2. The van der Waals surface area contributed by atoms with Crippen LogP contribution >= 0.6 is 11.8 Å². The van der Waals surface area contributed by atoms with Crippen molar-refractivity contribution in [2.45, 2.75) is 19.0 Å². The number of carbonyl (C=O) groups excluding carboxylic acids is 2. The molecule has 0 radical (unpaired) electrons. The average molecular weight is 380 g/mol. The van der Waals surface area contributed by atoms with Gasteiger partial charge in [-0.2, -0.15) is 0 Å². The van der Waals surface area contributed by atoms with Crippen molar-refractivity contribution in [3.05, 3.63) is 59.7 Å². The number of Topliss-reactive ketones (excluding diaryl/α,β-unsaturated/α-hetero) is 1. The second kappa shape index (κ2) is 8.18. The maximum atomic E-state index is 12.2. The summed E-state index contributed by atoms with van der Waals surface area (Å²) in [5.41, 5.74) is 3.44. The van der Waals surface area contributed by atoms with E-state index < -0.39 is 0 Å². The summed E-state index contributed by atoms with van der Waals surface area (Å²) in [6.45, 7) is 3.55. The molecule has 1 heterocycles. The molecule has 0 saturated heterocycles. The van der Waals surface area contributed by atoms with Gasteiger partial charge >= 0.3 is 0 Å². The highest BCUT2D eigenvalue weighted by molar-refractivity contribution is 7.99. The number of nitrogens with zero attached hydrogens (tertiary/aromatic N) is 3. The largest absolute Gasteiger partial charge is 0.325 e. The quantitative estimate of drug-likeness (QED) is 0.521. The molecule has 0 saturated carbocycles. The van der Waals surface area contributed by atoms with Gasteiger partial charge in [0.25, 0.3) is 0 Å². The normalized spacial score (nSPS) is 10.6. The number of benzene rings is 2. The number of aromatic nitrogens is 3. The summed E-state index contributed by atoms with van der Waals surface area (Å²) in [6, 6.07) is 14.9. The van der Waals surface area contributed by atoms with Crippen molar-refractivity contribution in [1.82, 2.24) is 14.8 Å². The number of aryl methyl sites for hydroxylation is 1. The maximum Gasteiger partial charge on any atom is 0.234 e. The van der Waals surface area contributed by atoms with Crippen LogP contribution in [-0.2, 0) is 11.8 Å². The van der Waals surface area contributed by atoms with Gasteiger partial charge in [0.15, 0.2) is 16.8 Å². The zero-order valence-electron chi connectivity index (χ0n) is 15.4. The second-order valence-electron chi connectivity index (χ2n) is 6.20. The molecule has 1 amide bonds. The third kappa shape index (κ3) is 4.62. The molecule has 0 fully saturated rings. The molecule has 1 N–H and O–H groups in total. The molecule has 0 spiro atoms. The third-order valence-electron chi connectivity index (χ3n) is 4.05. The van der Waals surface area contributed by atoms with E-state index >= 15 is 0 Å². The van der Waals surface area contributed by atoms with E-state index in [-0.39, 0.29) is 17.4 Å². The van der Waals surface area contributed by atoms with Crippen LogP contribution in [0.3, 0.4) is 0 Å². The Morgan fingerprint density at radius 2 is 1.70 bits per heavy atom. The van der Waals surface area contributed by atoms with E-state index in [0.29, 0.717) is 16.4 Å². The second-order valence-corrected chi connectivity index (χ2v) is 7.14. The van der Waals surface area contributed by atoms with Crippen molar-refractivity contribution in [2.24, 2.45) is 7.05 Å². The van der Waals surface area contributed by atoms with E-state index in [1.807, 2.05) is 42.8 Å². The van der Waals surface area contributed by atoms with Crippen LogP contribution in [0.15, 0.2) is 53.7 Å². The van der Waals surface area contributed by atoms with Crippen LogP contribution in [-0.4, -0.2) is 32.2 Å². The summed E-state index contributed by atoms with van der Waals surface area (Å²) in [6.07, 6.45) is 0. The van der Waals surface area contributed by atoms with Crippen molar-refractivity contribution < 1.29 is 9.59 Å². The number of ketones is 1. The SMILES string of the molecule is CC(=O)c1ccc(NC(=O)CSc2nnc(-c3ccc(C)cc3)n2C)cc1. The van der Waals surface area contributed by atoms with E-state index in [0.717, 1.165) is 11.4 Å². The Hall–Kier alpha value is -2.93. The number of amides is 1. The smallest absolute Gasteiger partial charge is 0.234 e. The zero-order chi connectivity index (χ0) is 19.4. The van der Waals surface area contributed by atoms with Crippen molar-refractivity contribution in [3.63, 3.8) is 0 Å². The van der Waals surface area contributed by atoms with E-state index in [4.69, 9.17) is 0 Å². The molecule has 0 bridgehead atoms. The minimum atomic E-state index is -0.143. The highest BCUT2D eigenvalue weighted by atomic mass is 32.2. The molecule has 2 aromatic carbocycles. The van der Waals surface area contributed by atoms with Gasteiger partial charge in [-0.05, 0) is 38.1 Å². The minimum Gasteiger partial charge on any atom is -0.325 e. The summed E-state index contributed by atoms with van der Waals surface area (Å²) in [4.78, 5) is 23.5. The van der Waals surface area contributed by atoms with Gasteiger partial charge in [0, 0.05) is 23.9 Å². The molecule has 7 heteroatoms. The van der Waals surface area contributed by atoms with Gasteiger partial charge < -0.3 is 9.88 Å². The molecule has 0 aliphatic heterocycles. The number of hydrogen-bond donors (Lipinski definition) is 1. The van der Waals surface area contributed by atoms with Crippen molar-refractivity contribution in [1.29, 1.82) is 0 Å². The molecule has 0 aliphatic rings. The first-order valence-corrected chi connectivity index (χ1v) is 9.42. The maximum absolute atomic E-state index is 12.2. The molecule has 0 atom stereocenters. The van der Waals surface area contributed by atoms with Gasteiger partial charge in [-0.1, -0.05) is 41.6 Å². The van der Waals surface area contributed by atoms with Gasteiger partial charge in [-0.15, -0.1) is 10.2 Å². The van der Waals surface area contributed by atoms with Gasteiger partial charge in [-0.25, -0.2) is 0 Å². The Morgan fingerprint density at radius 1 is 1.04 bits per heavy atom. The van der Waals surface area contributed by atoms with Crippen LogP contribution in [0, 0.1) is 6.92 Å². The van der Waals surface area contributed by atoms with E-state index in [2.05, 4.69) is 15.5 Å². The summed E-state index contributed by atoms with van der Waals surface area (Å²) in [5.74, 6) is 0.831. The highest BCUT2D eigenvalue weighted by Gasteiger charge is 2.13. The Balaban J connectivity index is 1.60. The molecule has 0 aliphatic carbocycles. The van der Waals surface area contributed by atoms with Crippen LogP contribution < -0.4 is 5.32 Å². The molecule has 3 rings (SSSR count). The van der Waals surface area contributed by atoms with Crippen LogP contribution in [0.2, 0.25) is 0 Å². The highest BCUT2D eigenvalue weighted by Crippen LogP contribution is 2.23. The van der Waals surface area contributed by atoms with Crippen LogP contribution in [0.4, 0.5) is 5.69 Å². The lowest BCUT2D eigenvalue weighted by Crippen LogP contribution is -2.14. The van der Waals surface area contributed by atoms with Gasteiger partial charge in [0.05, 0.1) is 5.75 Å². The van der Waals surface area contributed by atoms with E-state index in [1.165, 1.54) is 24.2 Å². The van der Waals surface area contributed by atoms with Crippen LogP contribution in [0.1, 0.15) is 22.8 Å². The first-order chi connectivity index (χ1) is 12.9. The Labute approximate surface area is 162 Å². The molecular formula is C20H20N4O2S. The lowest BCUT2D eigenvalue weighted by Gasteiger charge is -2.06. The first kappa shape index (κ1) is 18.8. The molecule has 138 valence electrons. The Kier molecular flexibility index (Phi) is 5.71. The lowest BCUT2D eigenvalue weighted by atomic mass is 10.1. The number of hydrogen-bond acceptors (Lipinski definition) is 5. The lowest BCUT2D eigenvalue weighted by molar-refractivity contribution is -0.113. The molecule has 0 unspecified atom stereocenters. The van der Waals surface area contributed by atoms with Crippen LogP contribution in [0.25, 0.3) is 11.4 Å². The van der Waals surface area contributed by atoms with E-state index in [9.17, 15) is 9.59 Å². The number of thioether (sulfide) groups is 1. The fourth-order valence-electron chi connectivity index (χ4n) is 2.51. The first-order valence-electron chi connectivity index (χ1n) is 8.44. The Morgan fingerprint density at radius 3 is 2.33 bits per heavy atom. The molecule has 3 aromatic rings. The van der Waals surface area contributed by atoms with Crippen LogP contribution in [0.5, 0.6) is 0 Å². The average Bonchev–Trinajstić information content (AvgIpc) is 3.02. The number of carbonyl (C=O) groups is 2. The summed E-state index contributed by atoms with van der Waals surface area (Å²) >= 11 is 1.32.